The molecule has 0 fully saturated rings. The number of thiophene rings is 1. The van der Waals surface area contributed by atoms with Crippen LogP contribution >= 0.6 is 11.3 Å². The zero-order chi connectivity index (χ0) is 11.5. The van der Waals surface area contributed by atoms with Crippen LogP contribution in [0.25, 0.3) is 11.4 Å². The lowest BCUT2D eigenvalue weighted by Crippen LogP contribution is -1.99. The number of hydrogen-bond donors (Lipinski definition) is 0. The third kappa shape index (κ3) is 2.09. The molecule has 0 atom stereocenters. The largest absolute Gasteiger partial charge is 0.326 e. The van der Waals surface area contributed by atoms with Gasteiger partial charge in [-0.15, -0.1) is 11.3 Å². The summed E-state index contributed by atoms with van der Waals surface area (Å²) < 4.78 is 2.10. The van der Waals surface area contributed by atoms with Crippen LogP contribution in [0.5, 0.6) is 0 Å². The predicted octanol–water partition coefficient (Wildman–Crippen LogP) is 2.45. The maximum atomic E-state index is 4.35. The third-order valence-electron chi connectivity index (χ3n) is 2.44. The second kappa shape index (κ2) is 4.47. The fourth-order valence-corrected chi connectivity index (χ4v) is 2.38. The van der Waals surface area contributed by atoms with Crippen LogP contribution in [-0.2, 0) is 6.54 Å². The first kappa shape index (κ1) is 10.2. The molecule has 3 rings (SSSR count). The van der Waals surface area contributed by atoms with Crippen molar-refractivity contribution in [3.8, 4) is 11.4 Å². The molecule has 0 aliphatic carbocycles. The van der Waals surface area contributed by atoms with Crippen LogP contribution in [0.15, 0.2) is 48.6 Å². The van der Waals surface area contributed by atoms with E-state index in [1.54, 1.807) is 29.9 Å². The quantitative estimate of drug-likeness (QED) is 0.708. The summed E-state index contributed by atoms with van der Waals surface area (Å²) in [6.45, 7) is 0.835. The van der Waals surface area contributed by atoms with E-state index in [0.29, 0.717) is 0 Å². The molecule has 5 heteroatoms. The Morgan fingerprint density at radius 1 is 1.24 bits per heavy atom. The Hall–Kier alpha value is -2.01. The fourth-order valence-electron chi connectivity index (χ4n) is 1.68. The number of nitrogens with zero attached hydrogens (tertiary/aromatic N) is 4. The van der Waals surface area contributed by atoms with Crippen molar-refractivity contribution in [1.82, 2.24) is 19.5 Å². The summed E-state index contributed by atoms with van der Waals surface area (Å²) in [7, 11) is 0. The minimum absolute atomic E-state index is 0.835. The van der Waals surface area contributed by atoms with Gasteiger partial charge < -0.3 is 4.57 Å². The van der Waals surface area contributed by atoms with E-state index in [1.807, 2.05) is 6.20 Å². The molecular formula is C12H10N4S. The van der Waals surface area contributed by atoms with Gasteiger partial charge in [-0.25, -0.2) is 15.0 Å². The monoisotopic (exact) mass is 242 g/mol. The van der Waals surface area contributed by atoms with Gasteiger partial charge in [-0.05, 0) is 11.4 Å². The molecule has 3 aromatic heterocycles. The first-order chi connectivity index (χ1) is 8.43. The molecule has 0 radical (unpaired) electrons. The lowest BCUT2D eigenvalue weighted by molar-refractivity contribution is 0.818. The first-order valence-electron chi connectivity index (χ1n) is 5.22. The van der Waals surface area contributed by atoms with E-state index >= 15 is 0 Å². The molecule has 0 amide bonds. The lowest BCUT2D eigenvalue weighted by atomic mass is 10.3. The molecule has 0 spiro atoms. The lowest BCUT2D eigenvalue weighted by Gasteiger charge is -2.05. The van der Waals surface area contributed by atoms with Gasteiger partial charge in [-0.1, -0.05) is 6.07 Å². The zero-order valence-corrected chi connectivity index (χ0v) is 9.84. The van der Waals surface area contributed by atoms with Crippen molar-refractivity contribution in [3.63, 3.8) is 0 Å². The molecular weight excluding hydrogens is 232 g/mol. The van der Waals surface area contributed by atoms with Crippen LogP contribution in [0.4, 0.5) is 0 Å². The smallest absolute Gasteiger partial charge is 0.143 e. The standard InChI is InChI=1S/C12H10N4S/c1-2-11(17-5-1)8-16-4-3-15-12(16)10-6-13-9-14-7-10/h1-7,9H,8H2. The molecule has 3 heterocycles. The minimum atomic E-state index is 0.835. The Morgan fingerprint density at radius 3 is 2.88 bits per heavy atom. The average Bonchev–Trinajstić information content (AvgIpc) is 3.02. The fraction of sp³-hybridized carbons (Fsp3) is 0.0833. The molecule has 84 valence electrons. The number of aromatic nitrogens is 4. The van der Waals surface area contributed by atoms with E-state index in [2.05, 4.69) is 37.0 Å². The molecule has 0 aliphatic heterocycles. The van der Waals surface area contributed by atoms with Gasteiger partial charge in [-0.2, -0.15) is 0 Å². The summed E-state index contributed by atoms with van der Waals surface area (Å²) in [5.74, 6) is 0.902. The summed E-state index contributed by atoms with van der Waals surface area (Å²) in [4.78, 5) is 13.7. The minimum Gasteiger partial charge on any atom is -0.326 e. The van der Waals surface area contributed by atoms with Crippen LogP contribution < -0.4 is 0 Å². The summed E-state index contributed by atoms with van der Waals surface area (Å²) in [6.07, 6.45) is 8.86. The summed E-state index contributed by atoms with van der Waals surface area (Å²) in [6, 6.07) is 4.18. The molecule has 0 unspecified atom stereocenters. The SMILES string of the molecule is c1csc(Cn2ccnc2-c2cncnc2)c1. The third-order valence-corrected chi connectivity index (χ3v) is 3.30. The average molecular weight is 242 g/mol. The summed E-state index contributed by atoms with van der Waals surface area (Å²) in [5.41, 5.74) is 0.939. The molecule has 0 aromatic carbocycles. The first-order valence-corrected chi connectivity index (χ1v) is 6.10. The molecule has 0 aliphatic rings. The maximum absolute atomic E-state index is 4.35. The Bertz CT molecular complexity index is 586. The number of hydrogen-bond acceptors (Lipinski definition) is 4. The van der Waals surface area contributed by atoms with Gasteiger partial charge in [0.2, 0.25) is 0 Å². The van der Waals surface area contributed by atoms with Crippen molar-refractivity contribution in [3.05, 3.63) is 53.5 Å². The summed E-state index contributed by atoms with van der Waals surface area (Å²) in [5, 5.41) is 2.08. The van der Waals surface area contributed by atoms with Crippen molar-refractivity contribution in [2.75, 3.05) is 0 Å². The zero-order valence-electron chi connectivity index (χ0n) is 9.02. The van der Waals surface area contributed by atoms with Gasteiger partial charge in [-0.3, -0.25) is 0 Å². The molecule has 17 heavy (non-hydrogen) atoms. The van der Waals surface area contributed by atoms with E-state index in [0.717, 1.165) is 17.9 Å². The van der Waals surface area contributed by atoms with E-state index in [-0.39, 0.29) is 0 Å². The predicted molar refractivity (Wildman–Crippen MR) is 66.7 cm³/mol. The van der Waals surface area contributed by atoms with Crippen LogP contribution in [-0.4, -0.2) is 19.5 Å². The summed E-state index contributed by atoms with van der Waals surface area (Å²) >= 11 is 1.75. The highest BCUT2D eigenvalue weighted by molar-refractivity contribution is 7.09. The Balaban J connectivity index is 1.95. The van der Waals surface area contributed by atoms with Gasteiger partial charge >= 0.3 is 0 Å². The van der Waals surface area contributed by atoms with Gasteiger partial charge in [0.25, 0.3) is 0 Å². The molecule has 0 bridgehead atoms. The van der Waals surface area contributed by atoms with E-state index in [1.165, 1.54) is 11.2 Å². The Labute approximate surface area is 103 Å². The van der Waals surface area contributed by atoms with E-state index in [9.17, 15) is 0 Å². The van der Waals surface area contributed by atoms with Crippen molar-refractivity contribution < 1.29 is 0 Å². The van der Waals surface area contributed by atoms with Crippen molar-refractivity contribution >= 4 is 11.3 Å². The van der Waals surface area contributed by atoms with Crippen LogP contribution in [0.1, 0.15) is 4.88 Å². The molecule has 0 saturated heterocycles. The van der Waals surface area contributed by atoms with Gasteiger partial charge in [0.05, 0.1) is 12.1 Å². The molecule has 4 nitrogen and oxygen atoms in total. The second-order valence-electron chi connectivity index (χ2n) is 3.59. The van der Waals surface area contributed by atoms with Crippen LogP contribution in [0, 0.1) is 0 Å². The molecule has 0 N–H and O–H groups in total. The number of imidazole rings is 1. The van der Waals surface area contributed by atoms with Crippen LogP contribution in [0.3, 0.4) is 0 Å². The number of rotatable bonds is 3. The van der Waals surface area contributed by atoms with Gasteiger partial charge in [0, 0.05) is 29.7 Å². The van der Waals surface area contributed by atoms with Gasteiger partial charge in [0.1, 0.15) is 12.2 Å². The topological polar surface area (TPSA) is 43.6 Å². The molecule has 3 aromatic rings. The second-order valence-corrected chi connectivity index (χ2v) is 4.62. The molecule has 0 saturated carbocycles. The highest BCUT2D eigenvalue weighted by Gasteiger charge is 2.06. The highest BCUT2D eigenvalue weighted by Crippen LogP contribution is 2.18. The van der Waals surface area contributed by atoms with E-state index < -0.39 is 0 Å². The van der Waals surface area contributed by atoms with E-state index in [4.69, 9.17) is 0 Å². The van der Waals surface area contributed by atoms with Crippen molar-refractivity contribution in [2.45, 2.75) is 6.54 Å². The Kier molecular flexibility index (Phi) is 2.67. The van der Waals surface area contributed by atoms with Crippen LogP contribution in [0.2, 0.25) is 0 Å². The van der Waals surface area contributed by atoms with Crippen molar-refractivity contribution in [2.24, 2.45) is 0 Å². The van der Waals surface area contributed by atoms with Gasteiger partial charge in [0.15, 0.2) is 0 Å². The normalized spacial score (nSPS) is 10.6. The maximum Gasteiger partial charge on any atom is 0.143 e. The highest BCUT2D eigenvalue weighted by atomic mass is 32.1. The van der Waals surface area contributed by atoms with Crippen molar-refractivity contribution in [1.29, 1.82) is 0 Å². The Morgan fingerprint density at radius 2 is 2.12 bits per heavy atom.